The fraction of sp³-hybridized carbons (Fsp3) is 0.381. The van der Waals surface area contributed by atoms with Crippen LogP contribution in [0.1, 0.15) is 23.6 Å². The van der Waals surface area contributed by atoms with Gasteiger partial charge in [-0.2, -0.15) is 13.2 Å². The lowest BCUT2D eigenvalue weighted by molar-refractivity contribution is -0.176. The van der Waals surface area contributed by atoms with E-state index in [4.69, 9.17) is 4.74 Å². The van der Waals surface area contributed by atoms with E-state index in [2.05, 4.69) is 20.4 Å². The van der Waals surface area contributed by atoms with E-state index in [1.54, 1.807) is 42.5 Å². The maximum Gasteiger partial charge on any atom is 0.411 e. The smallest absolute Gasteiger partial charge is 0.411 e. The van der Waals surface area contributed by atoms with Gasteiger partial charge < -0.3 is 25.2 Å². The quantitative estimate of drug-likeness (QED) is 0.422. The number of methoxy groups -OCH3 is 1. The summed E-state index contributed by atoms with van der Waals surface area (Å²) in [6, 6.07) is 12.3. The number of halogens is 3. The van der Waals surface area contributed by atoms with Crippen molar-refractivity contribution in [3.05, 3.63) is 59.2 Å². The van der Waals surface area contributed by atoms with Crippen LogP contribution in [-0.4, -0.2) is 37.5 Å². The molecule has 0 spiro atoms. The predicted octanol–water partition coefficient (Wildman–Crippen LogP) is 3.74. The maximum absolute atomic E-state index is 12.1. The molecule has 0 atom stereocenters. The highest BCUT2D eigenvalue weighted by molar-refractivity contribution is 5.79. The number of hydrogen-bond acceptors (Lipinski definition) is 4. The molecule has 0 saturated carbocycles. The molecule has 0 saturated heterocycles. The van der Waals surface area contributed by atoms with Crippen LogP contribution in [0, 0.1) is 0 Å². The van der Waals surface area contributed by atoms with Crippen molar-refractivity contribution in [2.75, 3.05) is 20.3 Å². The van der Waals surface area contributed by atoms with Crippen molar-refractivity contribution in [2.45, 2.75) is 32.8 Å². The Labute approximate surface area is 173 Å². The summed E-state index contributed by atoms with van der Waals surface area (Å²) in [5.74, 6) is 1.04. The molecule has 0 unspecified atom stereocenters. The van der Waals surface area contributed by atoms with Crippen LogP contribution in [0.25, 0.3) is 0 Å². The molecule has 0 fully saturated rings. The molecule has 0 bridgehead atoms. The molecule has 0 radical (unpaired) electrons. The van der Waals surface area contributed by atoms with Gasteiger partial charge in [-0.1, -0.05) is 36.4 Å². The molecule has 30 heavy (non-hydrogen) atoms. The van der Waals surface area contributed by atoms with Crippen LogP contribution in [-0.2, 0) is 24.4 Å². The molecule has 0 heterocycles. The third-order valence-electron chi connectivity index (χ3n) is 4.07. The number of phenols is 1. The zero-order chi connectivity index (χ0) is 22.0. The Hall–Kier alpha value is -2.94. The fourth-order valence-electron chi connectivity index (χ4n) is 2.59. The SMILES string of the molecule is CCNC(=NCc1ccc(COCC(F)(F)F)cc1)NCc1cccc(OC)c1O. The molecular formula is C21H26F3N3O3. The summed E-state index contributed by atoms with van der Waals surface area (Å²) < 4.78 is 46.1. The summed E-state index contributed by atoms with van der Waals surface area (Å²) >= 11 is 0. The largest absolute Gasteiger partial charge is 0.504 e. The molecule has 0 aliphatic heterocycles. The van der Waals surface area contributed by atoms with Gasteiger partial charge in [0.2, 0.25) is 0 Å². The molecule has 2 aromatic carbocycles. The van der Waals surface area contributed by atoms with Gasteiger partial charge in [-0.05, 0) is 24.1 Å². The van der Waals surface area contributed by atoms with Crippen LogP contribution in [0.4, 0.5) is 13.2 Å². The van der Waals surface area contributed by atoms with Gasteiger partial charge >= 0.3 is 6.18 Å². The van der Waals surface area contributed by atoms with E-state index in [-0.39, 0.29) is 12.4 Å². The lowest BCUT2D eigenvalue weighted by Gasteiger charge is -2.13. The number of nitrogens with zero attached hydrogens (tertiary/aromatic N) is 1. The third kappa shape index (κ3) is 7.82. The number of guanidine groups is 1. The third-order valence-corrected chi connectivity index (χ3v) is 4.07. The molecule has 6 nitrogen and oxygen atoms in total. The van der Waals surface area contributed by atoms with Gasteiger partial charge in [-0.15, -0.1) is 0 Å². The summed E-state index contributed by atoms with van der Waals surface area (Å²) in [4.78, 5) is 4.50. The average molecular weight is 425 g/mol. The lowest BCUT2D eigenvalue weighted by atomic mass is 10.1. The summed E-state index contributed by atoms with van der Waals surface area (Å²) in [6.07, 6.45) is -4.33. The summed E-state index contributed by atoms with van der Waals surface area (Å²) in [5, 5.41) is 16.4. The van der Waals surface area contributed by atoms with Crippen molar-refractivity contribution in [2.24, 2.45) is 4.99 Å². The molecule has 2 rings (SSSR count). The predicted molar refractivity (Wildman–Crippen MR) is 108 cm³/mol. The van der Waals surface area contributed by atoms with Crippen molar-refractivity contribution in [1.29, 1.82) is 0 Å². The van der Waals surface area contributed by atoms with Gasteiger partial charge in [-0.25, -0.2) is 4.99 Å². The molecule has 0 amide bonds. The fourth-order valence-corrected chi connectivity index (χ4v) is 2.59. The van der Waals surface area contributed by atoms with Crippen molar-refractivity contribution < 1.29 is 27.8 Å². The second-order valence-corrected chi connectivity index (χ2v) is 6.44. The molecule has 9 heteroatoms. The molecule has 164 valence electrons. The number of phenolic OH excluding ortho intramolecular Hbond substituents is 1. The Morgan fingerprint density at radius 1 is 1.07 bits per heavy atom. The molecule has 3 N–H and O–H groups in total. The average Bonchev–Trinajstić information content (AvgIpc) is 2.71. The van der Waals surface area contributed by atoms with Crippen molar-refractivity contribution in [3.63, 3.8) is 0 Å². The molecular weight excluding hydrogens is 399 g/mol. The van der Waals surface area contributed by atoms with Gasteiger partial charge in [-0.3, -0.25) is 0 Å². The molecule has 0 aliphatic carbocycles. The van der Waals surface area contributed by atoms with E-state index in [9.17, 15) is 18.3 Å². The number of alkyl halides is 3. The van der Waals surface area contributed by atoms with E-state index in [0.29, 0.717) is 42.5 Å². The standard InChI is InChI=1S/C21H26F3N3O3/c1-3-25-20(27-12-17-5-4-6-18(29-2)19(17)28)26-11-15-7-9-16(10-8-15)13-30-14-21(22,23)24/h4-10,28H,3,11-14H2,1-2H3,(H2,25,26,27). The minimum Gasteiger partial charge on any atom is -0.504 e. The normalized spacial score (nSPS) is 12.0. The number of nitrogens with one attached hydrogen (secondary N) is 2. The number of para-hydroxylation sites is 1. The highest BCUT2D eigenvalue weighted by atomic mass is 19.4. The number of hydrogen-bond donors (Lipinski definition) is 3. The van der Waals surface area contributed by atoms with Gasteiger partial charge in [0.1, 0.15) is 6.61 Å². The number of rotatable bonds is 9. The minimum atomic E-state index is -4.33. The van der Waals surface area contributed by atoms with Crippen LogP contribution >= 0.6 is 0 Å². The second-order valence-electron chi connectivity index (χ2n) is 6.44. The summed E-state index contributed by atoms with van der Waals surface area (Å²) in [5.41, 5.74) is 2.23. The number of aromatic hydroxyl groups is 1. The Balaban J connectivity index is 1.92. The molecule has 0 aromatic heterocycles. The first kappa shape index (κ1) is 23.3. The number of aliphatic imine (C=N–C) groups is 1. The monoisotopic (exact) mass is 425 g/mol. The van der Waals surface area contributed by atoms with Crippen molar-refractivity contribution >= 4 is 5.96 Å². The maximum atomic E-state index is 12.1. The van der Waals surface area contributed by atoms with E-state index in [1.165, 1.54) is 7.11 Å². The van der Waals surface area contributed by atoms with Crippen LogP contribution in [0.5, 0.6) is 11.5 Å². The van der Waals surface area contributed by atoms with Crippen LogP contribution in [0.15, 0.2) is 47.5 Å². The van der Waals surface area contributed by atoms with E-state index < -0.39 is 12.8 Å². The Bertz CT molecular complexity index is 824. The Kier molecular flexibility index (Phi) is 8.79. The number of ether oxygens (including phenoxy) is 2. The van der Waals surface area contributed by atoms with Gasteiger partial charge in [0, 0.05) is 18.7 Å². The van der Waals surface area contributed by atoms with E-state index in [0.717, 1.165) is 5.56 Å². The topological polar surface area (TPSA) is 75.1 Å². The lowest BCUT2D eigenvalue weighted by Crippen LogP contribution is -2.36. The first-order valence-corrected chi connectivity index (χ1v) is 9.41. The van der Waals surface area contributed by atoms with Crippen LogP contribution < -0.4 is 15.4 Å². The number of benzene rings is 2. The second kappa shape index (κ2) is 11.3. The first-order chi connectivity index (χ1) is 14.3. The Morgan fingerprint density at radius 3 is 2.40 bits per heavy atom. The Morgan fingerprint density at radius 2 is 1.77 bits per heavy atom. The van der Waals surface area contributed by atoms with Crippen LogP contribution in [0.3, 0.4) is 0 Å². The minimum absolute atomic E-state index is 0.0756. The van der Waals surface area contributed by atoms with Crippen LogP contribution in [0.2, 0.25) is 0 Å². The van der Waals surface area contributed by atoms with Crippen molar-refractivity contribution in [3.8, 4) is 11.5 Å². The molecule has 2 aromatic rings. The van der Waals surface area contributed by atoms with Gasteiger partial charge in [0.15, 0.2) is 17.5 Å². The summed E-state index contributed by atoms with van der Waals surface area (Å²) in [7, 11) is 1.49. The highest BCUT2D eigenvalue weighted by Crippen LogP contribution is 2.29. The van der Waals surface area contributed by atoms with Gasteiger partial charge in [0.25, 0.3) is 0 Å². The highest BCUT2D eigenvalue weighted by Gasteiger charge is 2.27. The van der Waals surface area contributed by atoms with E-state index in [1.807, 2.05) is 6.92 Å². The summed E-state index contributed by atoms with van der Waals surface area (Å²) in [6.45, 7) is 1.96. The van der Waals surface area contributed by atoms with Gasteiger partial charge in [0.05, 0.1) is 20.3 Å². The zero-order valence-corrected chi connectivity index (χ0v) is 16.9. The first-order valence-electron chi connectivity index (χ1n) is 9.41. The molecule has 0 aliphatic rings. The zero-order valence-electron chi connectivity index (χ0n) is 16.9. The van der Waals surface area contributed by atoms with Crippen molar-refractivity contribution in [1.82, 2.24) is 10.6 Å². The van der Waals surface area contributed by atoms with E-state index >= 15 is 0 Å².